The second kappa shape index (κ2) is 3.05. The number of hydrogen-bond donors (Lipinski definition) is 0. The van der Waals surface area contributed by atoms with Gasteiger partial charge in [-0.3, -0.25) is 0 Å². The lowest BCUT2D eigenvalue weighted by atomic mass is 10.1. The Hall–Kier alpha value is -1.58. The first-order valence-corrected chi connectivity index (χ1v) is 4.18. The minimum atomic E-state index is 0.375. The Bertz CT molecular complexity index is 363. The third kappa shape index (κ3) is 1.47. The summed E-state index contributed by atoms with van der Waals surface area (Å²) in [6.45, 7) is 4.14. The highest BCUT2D eigenvalue weighted by Gasteiger charge is 2.12. The Morgan fingerprint density at radius 3 is 2.77 bits per heavy atom. The maximum Gasteiger partial charge on any atom is 0.187 e. The van der Waals surface area contributed by atoms with Crippen molar-refractivity contribution in [3.05, 3.63) is 29.8 Å². The topological polar surface area (TPSA) is 52.5 Å². The molecule has 0 amide bonds. The van der Waals surface area contributed by atoms with Crippen LogP contribution in [0.3, 0.4) is 0 Å². The summed E-state index contributed by atoms with van der Waals surface area (Å²) in [6, 6.07) is 1.90. The van der Waals surface area contributed by atoms with Gasteiger partial charge in [-0.05, 0) is 12.0 Å². The molecule has 0 aromatic carbocycles. The Balaban J connectivity index is 2.27. The second-order valence-corrected chi connectivity index (χ2v) is 3.19. The largest absolute Gasteiger partial charge is 0.354 e. The minimum Gasteiger partial charge on any atom is -0.354 e. The first-order chi connectivity index (χ1) is 6.27. The molecule has 1 aromatic heterocycles. The van der Waals surface area contributed by atoms with E-state index >= 15 is 0 Å². The molecule has 4 nitrogen and oxygen atoms in total. The fourth-order valence-electron chi connectivity index (χ4n) is 1.05. The van der Waals surface area contributed by atoms with Crippen LogP contribution in [0.1, 0.15) is 31.2 Å². The molecule has 0 saturated heterocycles. The van der Waals surface area contributed by atoms with E-state index in [-0.39, 0.29) is 0 Å². The highest BCUT2D eigenvalue weighted by molar-refractivity contribution is 6.07. The molecule has 67 valence electrons. The summed E-state index contributed by atoms with van der Waals surface area (Å²) in [6.07, 6.45) is 3.43. The Kier molecular flexibility index (Phi) is 1.88. The van der Waals surface area contributed by atoms with Crippen molar-refractivity contribution in [3.63, 3.8) is 0 Å². The molecule has 0 atom stereocenters. The van der Waals surface area contributed by atoms with Crippen LogP contribution in [0.4, 0.5) is 0 Å². The van der Waals surface area contributed by atoms with Gasteiger partial charge in [-0.1, -0.05) is 19.0 Å². The van der Waals surface area contributed by atoms with Crippen molar-refractivity contribution in [2.45, 2.75) is 19.8 Å². The van der Waals surface area contributed by atoms with E-state index in [1.807, 2.05) is 6.07 Å². The molecule has 0 fully saturated rings. The van der Waals surface area contributed by atoms with Gasteiger partial charge in [0.25, 0.3) is 0 Å². The van der Waals surface area contributed by atoms with Crippen molar-refractivity contribution >= 4 is 5.71 Å². The molecule has 1 radical (unpaired) electrons. The van der Waals surface area contributed by atoms with Crippen molar-refractivity contribution in [2.24, 2.45) is 5.10 Å². The van der Waals surface area contributed by atoms with E-state index in [0.717, 1.165) is 11.4 Å². The standard InChI is InChI=1S/C9H10N3O/c1-6(2)8-5-9(13-12-8)7-3-4-10-11-7/h3-6H,1-2H3. The molecule has 13 heavy (non-hydrogen) atoms. The first-order valence-electron chi connectivity index (χ1n) is 4.18. The van der Waals surface area contributed by atoms with Crippen LogP contribution in [-0.4, -0.2) is 10.9 Å². The molecular weight excluding hydrogens is 166 g/mol. The zero-order valence-electron chi connectivity index (χ0n) is 7.56. The average Bonchev–Trinajstić information content (AvgIpc) is 2.75. The predicted octanol–water partition coefficient (Wildman–Crippen LogP) is 1.63. The van der Waals surface area contributed by atoms with E-state index in [2.05, 4.69) is 29.5 Å². The summed E-state index contributed by atoms with van der Waals surface area (Å²) in [5.41, 5.74) is 5.39. The smallest absolute Gasteiger partial charge is 0.187 e. The average molecular weight is 176 g/mol. The van der Waals surface area contributed by atoms with E-state index in [1.165, 1.54) is 0 Å². The highest BCUT2D eigenvalue weighted by Crippen LogP contribution is 2.15. The summed E-state index contributed by atoms with van der Waals surface area (Å²) in [5, 5.41) is 7.80. The molecule has 4 heteroatoms. The van der Waals surface area contributed by atoms with Crippen LogP contribution >= 0.6 is 0 Å². The van der Waals surface area contributed by atoms with Gasteiger partial charge < -0.3 is 4.52 Å². The van der Waals surface area contributed by atoms with Crippen LogP contribution in [0.15, 0.2) is 28.0 Å². The summed E-state index contributed by atoms with van der Waals surface area (Å²) in [7, 11) is 0. The van der Waals surface area contributed by atoms with E-state index < -0.39 is 0 Å². The lowest BCUT2D eigenvalue weighted by Crippen LogP contribution is -1.91. The number of rotatable bonds is 2. The number of allylic oxidation sites excluding steroid dienone is 1. The minimum absolute atomic E-state index is 0.375. The fourth-order valence-corrected chi connectivity index (χ4v) is 1.05. The summed E-state index contributed by atoms with van der Waals surface area (Å²) in [5.74, 6) is 1.06. The SMILES string of the molecule is CC(C)c1cc(C2=N[N]C=C2)on1. The zero-order chi connectivity index (χ0) is 9.26. The van der Waals surface area contributed by atoms with Gasteiger partial charge in [0.1, 0.15) is 5.71 Å². The van der Waals surface area contributed by atoms with Gasteiger partial charge in [-0.15, -0.1) is 5.10 Å². The Labute approximate surface area is 76.3 Å². The lowest BCUT2D eigenvalue weighted by Gasteiger charge is -1.93. The molecule has 0 N–H and O–H groups in total. The van der Waals surface area contributed by atoms with Gasteiger partial charge in [0.2, 0.25) is 0 Å². The molecule has 1 aliphatic rings. The maximum absolute atomic E-state index is 5.12. The third-order valence-electron chi connectivity index (χ3n) is 1.84. The monoisotopic (exact) mass is 176 g/mol. The van der Waals surface area contributed by atoms with Crippen LogP contribution in [0, 0.1) is 0 Å². The molecule has 1 aliphatic heterocycles. The summed E-state index contributed by atoms with van der Waals surface area (Å²) in [4.78, 5) is 0. The van der Waals surface area contributed by atoms with E-state index in [4.69, 9.17) is 4.52 Å². The Morgan fingerprint density at radius 1 is 1.38 bits per heavy atom. The third-order valence-corrected chi connectivity index (χ3v) is 1.84. The highest BCUT2D eigenvalue weighted by atomic mass is 16.5. The van der Waals surface area contributed by atoms with Gasteiger partial charge in [-0.25, -0.2) is 0 Å². The van der Waals surface area contributed by atoms with Crippen molar-refractivity contribution in [1.82, 2.24) is 10.6 Å². The van der Waals surface area contributed by atoms with Gasteiger partial charge in [0.15, 0.2) is 5.76 Å². The molecule has 1 aromatic rings. The zero-order valence-corrected chi connectivity index (χ0v) is 7.56. The van der Waals surface area contributed by atoms with Crippen molar-refractivity contribution < 1.29 is 4.52 Å². The van der Waals surface area contributed by atoms with Crippen LogP contribution in [-0.2, 0) is 0 Å². The second-order valence-electron chi connectivity index (χ2n) is 3.19. The van der Waals surface area contributed by atoms with Crippen LogP contribution in [0.25, 0.3) is 0 Å². The van der Waals surface area contributed by atoms with Gasteiger partial charge in [0, 0.05) is 6.07 Å². The molecule has 0 saturated carbocycles. The van der Waals surface area contributed by atoms with E-state index in [0.29, 0.717) is 11.7 Å². The molecule has 0 aliphatic carbocycles. The first kappa shape index (κ1) is 8.04. The Morgan fingerprint density at radius 2 is 2.23 bits per heavy atom. The summed E-state index contributed by atoms with van der Waals surface area (Å²) < 4.78 is 5.12. The molecular formula is C9H10N3O. The summed E-state index contributed by atoms with van der Waals surface area (Å²) >= 11 is 0. The maximum atomic E-state index is 5.12. The predicted molar refractivity (Wildman–Crippen MR) is 48.4 cm³/mol. The van der Waals surface area contributed by atoms with Crippen molar-refractivity contribution in [3.8, 4) is 0 Å². The van der Waals surface area contributed by atoms with E-state index in [1.54, 1.807) is 12.3 Å². The van der Waals surface area contributed by atoms with Gasteiger partial charge in [0.05, 0.1) is 11.9 Å². The normalized spacial score (nSPS) is 14.8. The van der Waals surface area contributed by atoms with Gasteiger partial charge in [-0.2, -0.15) is 5.43 Å². The molecule has 0 spiro atoms. The molecule has 0 bridgehead atoms. The van der Waals surface area contributed by atoms with Crippen LogP contribution in [0.2, 0.25) is 0 Å². The molecule has 0 unspecified atom stereocenters. The quantitative estimate of drug-likeness (QED) is 0.687. The fraction of sp³-hybridized carbons (Fsp3) is 0.333. The van der Waals surface area contributed by atoms with Crippen molar-refractivity contribution in [1.29, 1.82) is 0 Å². The number of hydrogen-bond acceptors (Lipinski definition) is 3. The number of nitrogens with zero attached hydrogens (tertiary/aromatic N) is 3. The lowest BCUT2D eigenvalue weighted by molar-refractivity contribution is 0.403. The van der Waals surface area contributed by atoms with Gasteiger partial charge >= 0.3 is 0 Å². The van der Waals surface area contributed by atoms with Crippen LogP contribution in [0.5, 0.6) is 0 Å². The number of aromatic nitrogens is 1. The molecule has 2 rings (SSSR count). The van der Waals surface area contributed by atoms with Crippen LogP contribution < -0.4 is 5.43 Å². The van der Waals surface area contributed by atoms with Crippen molar-refractivity contribution in [2.75, 3.05) is 0 Å². The molecule has 2 heterocycles. The van der Waals surface area contributed by atoms with E-state index in [9.17, 15) is 0 Å².